The van der Waals surface area contributed by atoms with Crippen molar-refractivity contribution in [2.24, 2.45) is 0 Å². The maximum absolute atomic E-state index is 12.3. The average Bonchev–Trinajstić information content (AvgIpc) is 2.84. The molecule has 1 N–H and O–H groups in total. The fourth-order valence-corrected chi connectivity index (χ4v) is 2.86. The first-order valence-corrected chi connectivity index (χ1v) is 8.12. The molecule has 0 radical (unpaired) electrons. The van der Waals surface area contributed by atoms with Gasteiger partial charge in [-0.3, -0.25) is 0 Å². The minimum atomic E-state index is -1.22. The molecular formula is C16H21NO3S. The first-order chi connectivity index (χ1) is 9.86. The van der Waals surface area contributed by atoms with E-state index in [4.69, 9.17) is 4.74 Å². The molecule has 1 unspecified atom stereocenters. The van der Waals surface area contributed by atoms with Crippen LogP contribution in [0.5, 0.6) is 0 Å². The number of ether oxygens (including phenoxy) is 1. The van der Waals surface area contributed by atoms with Crippen LogP contribution in [0.15, 0.2) is 42.5 Å². The van der Waals surface area contributed by atoms with Crippen molar-refractivity contribution < 1.29 is 13.7 Å². The van der Waals surface area contributed by atoms with E-state index in [1.165, 1.54) is 6.08 Å². The van der Waals surface area contributed by atoms with E-state index >= 15 is 0 Å². The molecule has 0 saturated carbocycles. The number of cyclic esters (lactones) is 1. The topological polar surface area (TPSA) is 55.4 Å². The zero-order chi connectivity index (χ0) is 15.5. The Bertz CT molecular complexity index is 548. The predicted octanol–water partition coefficient (Wildman–Crippen LogP) is 2.13. The number of hydrogen-bond acceptors (Lipinski definition) is 3. The Morgan fingerprint density at radius 3 is 2.48 bits per heavy atom. The van der Waals surface area contributed by atoms with Gasteiger partial charge >= 0.3 is 5.97 Å². The molecule has 0 fully saturated rings. The standard InChI is InChI=1S/C16H21NO3S/c1-16(2,3)21(19)17-13(14-9-10-15(18)20-14)11-12-7-5-4-6-8-12/h4-10,13-14,17H,11H2,1-3H3/t13-,14+,21?/m1/s1. The van der Waals surface area contributed by atoms with Crippen LogP contribution in [0.1, 0.15) is 26.3 Å². The number of hydrogen-bond donors (Lipinski definition) is 1. The molecule has 3 atom stereocenters. The van der Waals surface area contributed by atoms with Crippen LogP contribution in [-0.4, -0.2) is 27.1 Å². The van der Waals surface area contributed by atoms with Gasteiger partial charge in [-0.25, -0.2) is 13.7 Å². The Hall–Kier alpha value is -1.46. The summed E-state index contributed by atoms with van der Waals surface area (Å²) in [4.78, 5) is 11.3. The van der Waals surface area contributed by atoms with Gasteiger partial charge in [-0.05, 0) is 38.8 Å². The van der Waals surface area contributed by atoms with Crippen LogP contribution >= 0.6 is 0 Å². The van der Waals surface area contributed by atoms with E-state index in [0.29, 0.717) is 6.42 Å². The lowest BCUT2D eigenvalue weighted by Gasteiger charge is -2.27. The van der Waals surface area contributed by atoms with Gasteiger partial charge in [-0.2, -0.15) is 0 Å². The highest BCUT2D eigenvalue weighted by Crippen LogP contribution is 2.17. The van der Waals surface area contributed by atoms with E-state index < -0.39 is 11.0 Å². The van der Waals surface area contributed by atoms with Crippen molar-refractivity contribution in [3.8, 4) is 0 Å². The second kappa shape index (κ2) is 6.54. The van der Waals surface area contributed by atoms with Gasteiger partial charge in [0.15, 0.2) is 0 Å². The van der Waals surface area contributed by atoms with Gasteiger partial charge in [-0.15, -0.1) is 0 Å². The monoisotopic (exact) mass is 307 g/mol. The molecule has 0 amide bonds. The van der Waals surface area contributed by atoms with Crippen molar-refractivity contribution >= 4 is 17.0 Å². The number of carbonyl (C=O) groups excluding carboxylic acids is 1. The molecule has 0 spiro atoms. The van der Waals surface area contributed by atoms with Crippen molar-refractivity contribution in [2.75, 3.05) is 0 Å². The van der Waals surface area contributed by atoms with Crippen LogP contribution in [0.4, 0.5) is 0 Å². The van der Waals surface area contributed by atoms with E-state index in [2.05, 4.69) is 4.72 Å². The quantitative estimate of drug-likeness (QED) is 0.848. The maximum Gasteiger partial charge on any atom is 0.331 e. The lowest BCUT2D eigenvalue weighted by Crippen LogP contribution is -2.46. The van der Waals surface area contributed by atoms with Crippen LogP contribution in [0.3, 0.4) is 0 Å². The molecule has 1 aromatic carbocycles. The summed E-state index contributed by atoms with van der Waals surface area (Å²) >= 11 is 0. The Balaban J connectivity index is 2.13. The SMILES string of the molecule is CC(C)(C)S(=O)N[C@H](Cc1ccccc1)[C@@H]1C=CC(=O)O1. The number of carbonyl (C=O) groups is 1. The van der Waals surface area contributed by atoms with Gasteiger partial charge in [0, 0.05) is 6.08 Å². The summed E-state index contributed by atoms with van der Waals surface area (Å²) in [6, 6.07) is 9.68. The number of esters is 1. The molecule has 1 aromatic rings. The van der Waals surface area contributed by atoms with Crippen LogP contribution < -0.4 is 4.72 Å². The molecule has 1 aliphatic rings. The first kappa shape index (κ1) is 15.9. The number of benzene rings is 1. The summed E-state index contributed by atoms with van der Waals surface area (Å²) in [7, 11) is -1.22. The van der Waals surface area contributed by atoms with Crippen LogP contribution in [-0.2, 0) is 26.9 Å². The third-order valence-corrected chi connectivity index (χ3v) is 4.81. The van der Waals surface area contributed by atoms with Crippen molar-refractivity contribution in [1.82, 2.24) is 4.72 Å². The van der Waals surface area contributed by atoms with Crippen molar-refractivity contribution in [3.63, 3.8) is 0 Å². The van der Waals surface area contributed by atoms with Crippen molar-refractivity contribution in [3.05, 3.63) is 48.0 Å². The Morgan fingerprint density at radius 1 is 1.29 bits per heavy atom. The zero-order valence-electron chi connectivity index (χ0n) is 12.5. The molecule has 0 aliphatic carbocycles. The fraction of sp³-hybridized carbons (Fsp3) is 0.438. The Morgan fingerprint density at radius 2 is 1.95 bits per heavy atom. The summed E-state index contributed by atoms with van der Waals surface area (Å²) in [5.74, 6) is -0.346. The van der Waals surface area contributed by atoms with Gasteiger partial charge in [0.05, 0.1) is 21.8 Å². The molecule has 0 bridgehead atoms. The van der Waals surface area contributed by atoms with Crippen molar-refractivity contribution in [2.45, 2.75) is 44.1 Å². The Labute approximate surface area is 128 Å². The van der Waals surface area contributed by atoms with Gasteiger partial charge in [0.25, 0.3) is 0 Å². The normalized spacial score (nSPS) is 21.1. The van der Waals surface area contributed by atoms with Gasteiger partial charge in [0.1, 0.15) is 6.10 Å². The summed E-state index contributed by atoms with van der Waals surface area (Å²) in [5.41, 5.74) is 1.11. The molecule has 0 aromatic heterocycles. The summed E-state index contributed by atoms with van der Waals surface area (Å²) in [6.07, 6.45) is 3.40. The van der Waals surface area contributed by atoms with Crippen LogP contribution in [0, 0.1) is 0 Å². The first-order valence-electron chi connectivity index (χ1n) is 6.97. The molecule has 1 heterocycles. The summed E-state index contributed by atoms with van der Waals surface area (Å²) in [6.45, 7) is 5.73. The predicted molar refractivity (Wildman–Crippen MR) is 84.0 cm³/mol. The smallest absolute Gasteiger partial charge is 0.331 e. The van der Waals surface area contributed by atoms with E-state index in [1.807, 2.05) is 51.1 Å². The van der Waals surface area contributed by atoms with E-state index in [9.17, 15) is 9.00 Å². The second-order valence-electron chi connectivity index (χ2n) is 6.06. The largest absolute Gasteiger partial charge is 0.453 e. The van der Waals surface area contributed by atoms with Crippen LogP contribution in [0.25, 0.3) is 0 Å². The highest BCUT2D eigenvalue weighted by atomic mass is 32.2. The average molecular weight is 307 g/mol. The molecule has 2 rings (SSSR count). The lowest BCUT2D eigenvalue weighted by atomic mass is 10.0. The second-order valence-corrected chi connectivity index (χ2v) is 8.05. The van der Waals surface area contributed by atoms with Gasteiger partial charge < -0.3 is 4.74 Å². The third-order valence-electron chi connectivity index (χ3n) is 3.18. The summed E-state index contributed by atoms with van der Waals surface area (Å²) < 4.78 is 20.3. The van der Waals surface area contributed by atoms with E-state index in [-0.39, 0.29) is 22.9 Å². The highest BCUT2D eigenvalue weighted by molar-refractivity contribution is 7.84. The molecule has 21 heavy (non-hydrogen) atoms. The highest BCUT2D eigenvalue weighted by Gasteiger charge is 2.31. The minimum Gasteiger partial charge on any atom is -0.453 e. The van der Waals surface area contributed by atoms with E-state index in [1.54, 1.807) is 6.08 Å². The fourth-order valence-electron chi connectivity index (χ4n) is 2.01. The molecule has 5 heteroatoms. The number of rotatable bonds is 5. The molecule has 0 saturated heterocycles. The lowest BCUT2D eigenvalue weighted by molar-refractivity contribution is -0.139. The molecular weight excluding hydrogens is 286 g/mol. The number of nitrogens with one attached hydrogen (secondary N) is 1. The van der Waals surface area contributed by atoms with Gasteiger partial charge in [0.2, 0.25) is 0 Å². The third kappa shape index (κ3) is 4.51. The molecule has 1 aliphatic heterocycles. The van der Waals surface area contributed by atoms with Crippen molar-refractivity contribution in [1.29, 1.82) is 0 Å². The molecule has 4 nitrogen and oxygen atoms in total. The minimum absolute atomic E-state index is 0.213. The van der Waals surface area contributed by atoms with Crippen LogP contribution in [0.2, 0.25) is 0 Å². The maximum atomic E-state index is 12.3. The Kier molecular flexibility index (Phi) is 4.96. The van der Waals surface area contributed by atoms with E-state index in [0.717, 1.165) is 5.56 Å². The summed E-state index contributed by atoms with van der Waals surface area (Å²) in [5, 5.41) is 0. The zero-order valence-corrected chi connectivity index (χ0v) is 13.4. The molecule has 114 valence electrons. The van der Waals surface area contributed by atoms with Gasteiger partial charge in [-0.1, -0.05) is 30.3 Å².